The van der Waals surface area contributed by atoms with Gasteiger partial charge in [-0.1, -0.05) is 31.5 Å². The molecule has 0 radical (unpaired) electrons. The van der Waals surface area contributed by atoms with Gasteiger partial charge in [0.1, 0.15) is 5.82 Å². The van der Waals surface area contributed by atoms with Gasteiger partial charge in [0.15, 0.2) is 0 Å². The molecule has 0 aliphatic carbocycles. The van der Waals surface area contributed by atoms with E-state index in [0.717, 1.165) is 24.1 Å². The minimum absolute atomic E-state index is 0.0905. The van der Waals surface area contributed by atoms with E-state index in [2.05, 4.69) is 5.32 Å². The smallest absolute Gasteiger partial charge is 0.258 e. The molecular weight excluding hydrogens is 415 g/mol. The summed E-state index contributed by atoms with van der Waals surface area (Å²) in [6, 6.07) is 8.25. The Morgan fingerprint density at radius 1 is 1.14 bits per heavy atom. The molecule has 1 saturated heterocycles. The Morgan fingerprint density at radius 3 is 2.41 bits per heavy atom. The molecule has 156 valence electrons. The second-order valence-electron chi connectivity index (χ2n) is 7.83. The zero-order valence-electron chi connectivity index (χ0n) is 16.6. The highest BCUT2D eigenvalue weighted by molar-refractivity contribution is 7.89. The third-order valence-corrected chi connectivity index (χ3v) is 7.32. The van der Waals surface area contributed by atoms with E-state index in [9.17, 15) is 17.6 Å². The summed E-state index contributed by atoms with van der Waals surface area (Å²) in [7, 11) is -3.82. The van der Waals surface area contributed by atoms with Crippen molar-refractivity contribution in [2.45, 2.75) is 32.1 Å². The molecule has 2 aromatic rings. The number of amides is 1. The summed E-state index contributed by atoms with van der Waals surface area (Å²) in [4.78, 5) is 12.5. The lowest BCUT2D eigenvalue weighted by atomic mass is 9.94. The molecule has 5 nitrogen and oxygen atoms in total. The molecule has 1 aliphatic rings. The van der Waals surface area contributed by atoms with Crippen LogP contribution in [0.2, 0.25) is 5.02 Å². The lowest BCUT2D eigenvalue weighted by Gasteiger charge is -2.34. The number of anilines is 1. The molecule has 3 rings (SSSR count). The van der Waals surface area contributed by atoms with Crippen molar-refractivity contribution < 1.29 is 17.6 Å². The van der Waals surface area contributed by atoms with Gasteiger partial charge in [-0.05, 0) is 61.1 Å². The molecule has 1 N–H and O–H groups in total. The second-order valence-corrected chi connectivity index (χ2v) is 10.2. The minimum Gasteiger partial charge on any atom is -0.322 e. The van der Waals surface area contributed by atoms with Crippen molar-refractivity contribution in [3.05, 3.63) is 58.4 Å². The first kappa shape index (κ1) is 21.7. The maximum absolute atomic E-state index is 14.3. The van der Waals surface area contributed by atoms with Gasteiger partial charge in [-0.15, -0.1) is 0 Å². The van der Waals surface area contributed by atoms with Gasteiger partial charge in [0.05, 0.1) is 10.5 Å². The van der Waals surface area contributed by atoms with Crippen LogP contribution in [0.15, 0.2) is 41.3 Å². The molecule has 0 bridgehead atoms. The summed E-state index contributed by atoms with van der Waals surface area (Å²) < 4.78 is 41.9. The van der Waals surface area contributed by atoms with Crippen LogP contribution < -0.4 is 5.32 Å². The standard InChI is InChI=1S/C21H24ClFN2O3S/c1-13-8-14(2)12-25(11-13)29(27,28)17-6-7-20(23)18(10-17)21(26)24-16-5-4-15(3)19(22)9-16/h4-7,9-10,13-14H,8,11-12H2,1-3H3,(H,24,26)/t13-,14+. The first-order valence-corrected chi connectivity index (χ1v) is 11.3. The van der Waals surface area contributed by atoms with Gasteiger partial charge >= 0.3 is 0 Å². The average molecular weight is 439 g/mol. The second kappa shape index (κ2) is 8.42. The van der Waals surface area contributed by atoms with Crippen molar-refractivity contribution in [2.24, 2.45) is 11.8 Å². The molecule has 0 saturated carbocycles. The highest BCUT2D eigenvalue weighted by atomic mass is 35.5. The van der Waals surface area contributed by atoms with Crippen molar-refractivity contribution in [3.8, 4) is 0 Å². The fourth-order valence-electron chi connectivity index (χ4n) is 3.66. The molecule has 1 fully saturated rings. The molecule has 2 atom stereocenters. The number of piperidine rings is 1. The van der Waals surface area contributed by atoms with Crippen molar-refractivity contribution >= 4 is 33.2 Å². The van der Waals surface area contributed by atoms with Gasteiger partial charge in [0, 0.05) is 23.8 Å². The highest BCUT2D eigenvalue weighted by Crippen LogP contribution is 2.28. The Bertz CT molecular complexity index is 1030. The van der Waals surface area contributed by atoms with Gasteiger partial charge in [-0.2, -0.15) is 4.31 Å². The molecule has 2 aromatic carbocycles. The van der Waals surface area contributed by atoms with E-state index in [1.54, 1.807) is 18.2 Å². The number of halogens is 2. The van der Waals surface area contributed by atoms with Crippen LogP contribution in [-0.2, 0) is 10.0 Å². The summed E-state index contributed by atoms with van der Waals surface area (Å²) in [6.07, 6.45) is 0.961. The number of carbonyl (C=O) groups excluding carboxylic acids is 1. The molecular formula is C21H24ClFN2O3S. The third kappa shape index (κ3) is 4.79. The predicted molar refractivity (Wildman–Crippen MR) is 112 cm³/mol. The van der Waals surface area contributed by atoms with E-state index in [1.165, 1.54) is 10.4 Å². The van der Waals surface area contributed by atoms with Crippen LogP contribution in [0.4, 0.5) is 10.1 Å². The fraction of sp³-hybridized carbons (Fsp3) is 0.381. The Hall–Kier alpha value is -1.96. The quantitative estimate of drug-likeness (QED) is 0.751. The van der Waals surface area contributed by atoms with E-state index in [0.29, 0.717) is 23.8 Å². The Labute approximate surface area is 175 Å². The largest absolute Gasteiger partial charge is 0.322 e. The van der Waals surface area contributed by atoms with Gasteiger partial charge < -0.3 is 5.32 Å². The molecule has 0 aromatic heterocycles. The van der Waals surface area contributed by atoms with Crippen molar-refractivity contribution in [1.82, 2.24) is 4.31 Å². The molecule has 1 amide bonds. The van der Waals surface area contributed by atoms with Gasteiger partial charge in [0.2, 0.25) is 10.0 Å². The molecule has 0 spiro atoms. The van der Waals surface area contributed by atoms with E-state index in [-0.39, 0.29) is 22.3 Å². The summed E-state index contributed by atoms with van der Waals surface area (Å²) in [6.45, 7) is 6.66. The number of nitrogens with one attached hydrogen (secondary N) is 1. The number of sulfonamides is 1. The average Bonchev–Trinajstić information content (AvgIpc) is 2.64. The number of hydrogen-bond acceptors (Lipinski definition) is 3. The first-order valence-electron chi connectivity index (χ1n) is 9.45. The van der Waals surface area contributed by atoms with Crippen molar-refractivity contribution in [2.75, 3.05) is 18.4 Å². The number of nitrogens with zero attached hydrogens (tertiary/aromatic N) is 1. The van der Waals surface area contributed by atoms with E-state index < -0.39 is 21.7 Å². The van der Waals surface area contributed by atoms with Gasteiger partial charge in [-0.3, -0.25) is 4.79 Å². The topological polar surface area (TPSA) is 66.5 Å². The van der Waals surface area contributed by atoms with Crippen LogP contribution in [0.3, 0.4) is 0 Å². The number of hydrogen-bond donors (Lipinski definition) is 1. The maximum Gasteiger partial charge on any atom is 0.258 e. The number of aryl methyl sites for hydroxylation is 1. The molecule has 1 aliphatic heterocycles. The van der Waals surface area contributed by atoms with E-state index in [1.807, 2.05) is 20.8 Å². The van der Waals surface area contributed by atoms with Crippen molar-refractivity contribution in [3.63, 3.8) is 0 Å². The molecule has 0 unspecified atom stereocenters. The van der Waals surface area contributed by atoms with Gasteiger partial charge in [0.25, 0.3) is 5.91 Å². The number of carbonyl (C=O) groups is 1. The van der Waals surface area contributed by atoms with Crippen LogP contribution in [0.1, 0.15) is 36.2 Å². The molecule has 8 heteroatoms. The normalized spacial score (nSPS) is 20.4. The van der Waals surface area contributed by atoms with Gasteiger partial charge in [-0.25, -0.2) is 12.8 Å². The summed E-state index contributed by atoms with van der Waals surface area (Å²) in [5, 5.41) is 3.03. The lowest BCUT2D eigenvalue weighted by Crippen LogP contribution is -2.42. The Morgan fingerprint density at radius 2 is 1.79 bits per heavy atom. The van der Waals surface area contributed by atoms with Crippen LogP contribution in [-0.4, -0.2) is 31.7 Å². The molecule has 1 heterocycles. The van der Waals surface area contributed by atoms with E-state index >= 15 is 0 Å². The van der Waals surface area contributed by atoms with Crippen LogP contribution >= 0.6 is 11.6 Å². The minimum atomic E-state index is -3.82. The monoisotopic (exact) mass is 438 g/mol. The van der Waals surface area contributed by atoms with Crippen LogP contribution in [0.5, 0.6) is 0 Å². The highest BCUT2D eigenvalue weighted by Gasteiger charge is 2.32. The Balaban J connectivity index is 1.89. The van der Waals surface area contributed by atoms with Crippen molar-refractivity contribution in [1.29, 1.82) is 0 Å². The third-order valence-electron chi connectivity index (χ3n) is 5.09. The lowest BCUT2D eigenvalue weighted by molar-refractivity contribution is 0.102. The van der Waals surface area contributed by atoms with Crippen LogP contribution in [0, 0.1) is 24.6 Å². The number of benzene rings is 2. The zero-order valence-corrected chi connectivity index (χ0v) is 18.1. The zero-order chi connectivity index (χ0) is 21.3. The van der Waals surface area contributed by atoms with E-state index in [4.69, 9.17) is 11.6 Å². The summed E-state index contributed by atoms with van der Waals surface area (Å²) >= 11 is 6.06. The fourth-order valence-corrected chi connectivity index (χ4v) is 5.55. The van der Waals surface area contributed by atoms with Crippen LogP contribution in [0.25, 0.3) is 0 Å². The SMILES string of the molecule is Cc1ccc(NC(=O)c2cc(S(=O)(=O)N3C[C@H](C)C[C@H](C)C3)ccc2F)cc1Cl. The molecule has 29 heavy (non-hydrogen) atoms. The summed E-state index contributed by atoms with van der Waals surface area (Å²) in [5.74, 6) is -1.05. The number of rotatable bonds is 4. The predicted octanol–water partition coefficient (Wildman–Crippen LogP) is 4.71. The summed E-state index contributed by atoms with van der Waals surface area (Å²) in [5.41, 5.74) is 0.909. The first-order chi connectivity index (χ1) is 13.6. The Kier molecular flexibility index (Phi) is 6.31. The maximum atomic E-state index is 14.3.